The van der Waals surface area contributed by atoms with Crippen LogP contribution in [0, 0.1) is 19.8 Å². The molecule has 1 atom stereocenters. The average Bonchev–Trinajstić information content (AvgIpc) is 3.38. The van der Waals surface area contributed by atoms with Crippen molar-refractivity contribution in [3.05, 3.63) is 59.5 Å². The molecule has 1 N–H and O–H groups in total. The summed E-state index contributed by atoms with van der Waals surface area (Å²) < 4.78 is 33.7. The van der Waals surface area contributed by atoms with E-state index >= 15 is 0 Å². The standard InChI is InChI=1S/C28H36N6O4S/c1-20-6-4-7-22(16-20)27-30-26(38-31-27)19-33-11-5-8-23(18-33)28(35)29-24-10-9-21(2)25(17-24)39(36,37)34-14-12-32(3)13-15-34/h4,6-7,9-10,16-17,23H,5,8,11-15,18-19H2,1-3H3,(H,29,35). The second-order valence-corrected chi connectivity index (χ2v) is 12.5. The van der Waals surface area contributed by atoms with Crippen LogP contribution in [-0.2, 0) is 21.4 Å². The second-order valence-electron chi connectivity index (χ2n) is 10.6. The van der Waals surface area contributed by atoms with Crippen LogP contribution in [0.4, 0.5) is 5.69 Å². The third-order valence-corrected chi connectivity index (χ3v) is 9.56. The van der Waals surface area contributed by atoms with Crippen molar-refractivity contribution in [2.45, 2.75) is 38.1 Å². The van der Waals surface area contributed by atoms with Crippen LogP contribution in [0.2, 0.25) is 0 Å². The number of aromatic nitrogens is 2. The number of sulfonamides is 1. The van der Waals surface area contributed by atoms with Gasteiger partial charge in [-0.05, 0) is 64.0 Å². The summed E-state index contributed by atoms with van der Waals surface area (Å²) in [6, 6.07) is 13.1. The van der Waals surface area contributed by atoms with Gasteiger partial charge in [0.25, 0.3) is 0 Å². The van der Waals surface area contributed by atoms with Crippen LogP contribution in [0.3, 0.4) is 0 Å². The normalized spacial score (nSPS) is 19.7. The van der Waals surface area contributed by atoms with Crippen LogP contribution in [0.5, 0.6) is 0 Å². The van der Waals surface area contributed by atoms with Gasteiger partial charge in [0.15, 0.2) is 0 Å². The summed E-state index contributed by atoms with van der Waals surface area (Å²) in [5, 5.41) is 7.10. The molecule has 3 aromatic rings. The van der Waals surface area contributed by atoms with Crippen molar-refractivity contribution in [2.24, 2.45) is 5.92 Å². The van der Waals surface area contributed by atoms with Crippen molar-refractivity contribution in [1.82, 2.24) is 24.2 Å². The molecule has 39 heavy (non-hydrogen) atoms. The first-order valence-corrected chi connectivity index (χ1v) is 14.9. The molecular weight excluding hydrogens is 516 g/mol. The van der Waals surface area contributed by atoms with E-state index in [0.29, 0.717) is 62.2 Å². The lowest BCUT2D eigenvalue weighted by atomic mass is 9.97. The summed E-state index contributed by atoms with van der Waals surface area (Å²) >= 11 is 0. The SMILES string of the molecule is Cc1cccc(-c2noc(CN3CCCC(C(=O)Nc4ccc(C)c(S(=O)(=O)N5CCN(C)CC5)c4)C3)n2)c1. The third-order valence-electron chi connectivity index (χ3n) is 7.52. The van der Waals surface area contributed by atoms with Crippen LogP contribution in [0.25, 0.3) is 11.4 Å². The quantitative estimate of drug-likeness (QED) is 0.476. The number of hydrogen-bond acceptors (Lipinski definition) is 8. The van der Waals surface area contributed by atoms with Crippen LogP contribution < -0.4 is 5.32 Å². The number of nitrogens with zero attached hydrogens (tertiary/aromatic N) is 5. The summed E-state index contributed by atoms with van der Waals surface area (Å²) in [5.74, 6) is 0.737. The number of nitrogens with one attached hydrogen (secondary N) is 1. The van der Waals surface area contributed by atoms with Crippen molar-refractivity contribution in [3.63, 3.8) is 0 Å². The molecule has 5 rings (SSSR count). The largest absolute Gasteiger partial charge is 0.338 e. The molecule has 1 unspecified atom stereocenters. The highest BCUT2D eigenvalue weighted by molar-refractivity contribution is 7.89. The number of likely N-dealkylation sites (N-methyl/N-ethyl adjacent to an activating group) is 1. The van der Waals surface area contributed by atoms with Gasteiger partial charge in [-0.2, -0.15) is 9.29 Å². The summed E-state index contributed by atoms with van der Waals surface area (Å²) in [5.41, 5.74) is 3.20. The Kier molecular flexibility index (Phi) is 8.13. The third kappa shape index (κ3) is 6.38. The van der Waals surface area contributed by atoms with Gasteiger partial charge in [0, 0.05) is 44.0 Å². The van der Waals surface area contributed by atoms with E-state index in [0.717, 1.165) is 30.5 Å². The lowest BCUT2D eigenvalue weighted by Gasteiger charge is -2.32. The van der Waals surface area contributed by atoms with E-state index < -0.39 is 10.0 Å². The number of anilines is 1. The molecule has 2 saturated heterocycles. The van der Waals surface area contributed by atoms with Gasteiger partial charge in [0.05, 0.1) is 17.4 Å². The van der Waals surface area contributed by atoms with Crippen molar-refractivity contribution >= 4 is 21.6 Å². The fraction of sp³-hybridized carbons (Fsp3) is 0.464. The zero-order valence-corrected chi connectivity index (χ0v) is 23.6. The number of likely N-dealkylation sites (tertiary alicyclic amines) is 1. The van der Waals surface area contributed by atoms with Crippen LogP contribution in [-0.4, -0.2) is 84.9 Å². The molecule has 0 spiro atoms. The average molecular weight is 553 g/mol. The number of amides is 1. The molecule has 2 aliphatic rings. The maximum Gasteiger partial charge on any atom is 0.243 e. The monoisotopic (exact) mass is 552 g/mol. The Morgan fingerprint density at radius 3 is 2.64 bits per heavy atom. The molecule has 1 amide bonds. The smallest absolute Gasteiger partial charge is 0.243 e. The molecule has 10 nitrogen and oxygen atoms in total. The van der Waals surface area contributed by atoms with E-state index in [1.807, 2.05) is 38.2 Å². The predicted molar refractivity (Wildman–Crippen MR) is 149 cm³/mol. The van der Waals surface area contributed by atoms with Crippen LogP contribution in [0.1, 0.15) is 29.9 Å². The fourth-order valence-corrected chi connectivity index (χ4v) is 6.87. The second kappa shape index (κ2) is 11.5. The number of carbonyl (C=O) groups is 1. The Bertz CT molecular complexity index is 1430. The summed E-state index contributed by atoms with van der Waals surface area (Å²) in [7, 11) is -1.65. The van der Waals surface area contributed by atoms with Gasteiger partial charge in [-0.3, -0.25) is 9.69 Å². The maximum atomic E-state index is 13.3. The first-order valence-electron chi connectivity index (χ1n) is 13.4. The maximum absolute atomic E-state index is 13.3. The molecule has 0 radical (unpaired) electrons. The minimum atomic E-state index is -3.64. The van der Waals surface area contributed by atoms with E-state index in [4.69, 9.17) is 4.52 Å². The van der Waals surface area contributed by atoms with Crippen molar-refractivity contribution in [3.8, 4) is 11.4 Å². The first-order chi connectivity index (χ1) is 18.7. The highest BCUT2D eigenvalue weighted by atomic mass is 32.2. The topological polar surface area (TPSA) is 112 Å². The van der Waals surface area contributed by atoms with Gasteiger partial charge in [-0.15, -0.1) is 0 Å². The minimum absolute atomic E-state index is 0.113. The number of piperidine rings is 1. The van der Waals surface area contributed by atoms with E-state index in [1.54, 1.807) is 25.1 Å². The van der Waals surface area contributed by atoms with Crippen LogP contribution >= 0.6 is 0 Å². The highest BCUT2D eigenvalue weighted by Gasteiger charge is 2.30. The van der Waals surface area contributed by atoms with Crippen molar-refractivity contribution in [2.75, 3.05) is 51.6 Å². The fourth-order valence-electron chi connectivity index (χ4n) is 5.19. The van der Waals surface area contributed by atoms with Crippen LogP contribution in [0.15, 0.2) is 51.9 Å². The molecule has 2 aliphatic heterocycles. The Balaban J connectivity index is 1.22. The predicted octanol–water partition coefficient (Wildman–Crippen LogP) is 3.14. The first kappa shape index (κ1) is 27.4. The molecule has 3 heterocycles. The number of hydrogen-bond donors (Lipinski definition) is 1. The highest BCUT2D eigenvalue weighted by Crippen LogP contribution is 2.26. The van der Waals surface area contributed by atoms with Gasteiger partial charge in [0.1, 0.15) is 0 Å². The molecule has 208 valence electrons. The molecule has 0 aliphatic carbocycles. The molecule has 2 aromatic carbocycles. The van der Waals surface area contributed by atoms with E-state index in [9.17, 15) is 13.2 Å². The van der Waals surface area contributed by atoms with E-state index in [-0.39, 0.29) is 16.7 Å². The van der Waals surface area contributed by atoms with E-state index in [1.165, 1.54) is 4.31 Å². The zero-order valence-electron chi connectivity index (χ0n) is 22.8. The Morgan fingerprint density at radius 2 is 1.87 bits per heavy atom. The van der Waals surface area contributed by atoms with E-state index in [2.05, 4.69) is 25.3 Å². The number of carbonyl (C=O) groups excluding carboxylic acids is 1. The van der Waals surface area contributed by atoms with Gasteiger partial charge in [-0.25, -0.2) is 8.42 Å². The Hall–Kier alpha value is -3.12. The van der Waals surface area contributed by atoms with Gasteiger partial charge in [0.2, 0.25) is 27.6 Å². The van der Waals surface area contributed by atoms with Crippen molar-refractivity contribution in [1.29, 1.82) is 0 Å². The Labute approximate surface area is 230 Å². The molecule has 0 saturated carbocycles. The Morgan fingerprint density at radius 1 is 1.08 bits per heavy atom. The van der Waals surface area contributed by atoms with Gasteiger partial charge >= 0.3 is 0 Å². The van der Waals surface area contributed by atoms with Gasteiger partial charge < -0.3 is 14.7 Å². The molecular formula is C28H36N6O4S. The van der Waals surface area contributed by atoms with Crippen molar-refractivity contribution < 1.29 is 17.7 Å². The lowest BCUT2D eigenvalue weighted by Crippen LogP contribution is -2.47. The number of piperazine rings is 1. The zero-order chi connectivity index (χ0) is 27.6. The summed E-state index contributed by atoms with van der Waals surface area (Å²) in [6.07, 6.45) is 1.63. The number of benzene rings is 2. The molecule has 1 aromatic heterocycles. The van der Waals surface area contributed by atoms with Gasteiger partial charge in [-0.1, -0.05) is 35.0 Å². The minimum Gasteiger partial charge on any atom is -0.338 e. The number of aryl methyl sites for hydroxylation is 2. The lowest BCUT2D eigenvalue weighted by molar-refractivity contribution is -0.121. The number of rotatable bonds is 7. The molecule has 11 heteroatoms. The summed E-state index contributed by atoms with van der Waals surface area (Å²) in [6.45, 7) is 7.99. The molecule has 2 fully saturated rings. The summed E-state index contributed by atoms with van der Waals surface area (Å²) in [4.78, 5) is 22.3. The molecule has 0 bridgehead atoms.